The summed E-state index contributed by atoms with van der Waals surface area (Å²) in [6.45, 7) is 1.11. The minimum atomic E-state index is -0.173. The van der Waals surface area contributed by atoms with Crippen LogP contribution in [0.15, 0.2) is 35.1 Å². The summed E-state index contributed by atoms with van der Waals surface area (Å²) in [6.07, 6.45) is 5.86. The Morgan fingerprint density at radius 3 is 3.08 bits per heavy atom. The molecule has 0 atom stereocenters. The highest BCUT2D eigenvalue weighted by molar-refractivity contribution is 5.93. The monoisotopic (exact) mass is 337 g/mol. The highest BCUT2D eigenvalue weighted by Crippen LogP contribution is 2.31. The first-order valence-electron chi connectivity index (χ1n) is 8.31. The van der Waals surface area contributed by atoms with Gasteiger partial charge in [-0.25, -0.2) is 9.97 Å². The maximum atomic E-state index is 12.8. The van der Waals surface area contributed by atoms with Crippen molar-refractivity contribution in [1.82, 2.24) is 19.9 Å². The number of fused-ring (bicyclic) bond motifs is 1. The van der Waals surface area contributed by atoms with Gasteiger partial charge in [-0.3, -0.25) is 4.79 Å². The zero-order chi connectivity index (χ0) is 17.2. The summed E-state index contributed by atoms with van der Waals surface area (Å²) >= 11 is 0. The topological polar surface area (TPSA) is 98.8 Å². The number of hydrogen-bond acceptors (Lipinski definition) is 5. The highest BCUT2D eigenvalue weighted by atomic mass is 16.4. The first-order valence-corrected chi connectivity index (χ1v) is 8.31. The number of carbonyl (C=O) groups excluding carboxylic acids is 1. The van der Waals surface area contributed by atoms with Crippen molar-refractivity contribution >= 4 is 16.9 Å². The number of aromatic nitrogens is 3. The van der Waals surface area contributed by atoms with Crippen LogP contribution in [0.5, 0.6) is 0 Å². The summed E-state index contributed by atoms with van der Waals surface area (Å²) in [7, 11) is 0. The van der Waals surface area contributed by atoms with Gasteiger partial charge >= 0.3 is 0 Å². The van der Waals surface area contributed by atoms with E-state index in [1.807, 2.05) is 6.07 Å². The standard InChI is InChI=1S/C18H17N5O2.H2/c19-7-1-9-23(10-12-2-3-12)18(24)15-5-4-14(25-15)16-13-6-8-20-17(13)22-11-21-16;/h4-6,8,11-12H,1-3,9-10H2,(H,20,21,22);1H. The van der Waals surface area contributed by atoms with Crippen molar-refractivity contribution in [2.24, 2.45) is 5.92 Å². The molecule has 0 saturated heterocycles. The first-order chi connectivity index (χ1) is 12.3. The molecule has 1 saturated carbocycles. The number of nitrogens with one attached hydrogen (secondary N) is 1. The summed E-state index contributed by atoms with van der Waals surface area (Å²) in [5.41, 5.74) is 1.37. The van der Waals surface area contributed by atoms with Gasteiger partial charge in [0.15, 0.2) is 11.5 Å². The van der Waals surface area contributed by atoms with Crippen LogP contribution in [-0.2, 0) is 0 Å². The van der Waals surface area contributed by atoms with Crippen molar-refractivity contribution in [2.45, 2.75) is 19.3 Å². The predicted octanol–water partition coefficient (Wildman–Crippen LogP) is 3.23. The lowest BCUT2D eigenvalue weighted by Gasteiger charge is -2.20. The van der Waals surface area contributed by atoms with Crippen LogP contribution < -0.4 is 0 Å². The molecule has 1 aliphatic carbocycles. The molecule has 0 aromatic carbocycles. The number of furan rings is 1. The van der Waals surface area contributed by atoms with Crippen molar-refractivity contribution in [1.29, 1.82) is 5.26 Å². The second-order valence-electron chi connectivity index (χ2n) is 6.23. The third-order valence-electron chi connectivity index (χ3n) is 4.36. The Balaban J connectivity index is 0.00000196. The van der Waals surface area contributed by atoms with Gasteiger partial charge in [-0.15, -0.1) is 0 Å². The predicted molar refractivity (Wildman–Crippen MR) is 92.6 cm³/mol. The molecular weight excluding hydrogens is 318 g/mol. The van der Waals surface area contributed by atoms with Crippen LogP contribution in [0, 0.1) is 17.2 Å². The average molecular weight is 337 g/mol. The Hall–Kier alpha value is -3.14. The van der Waals surface area contributed by atoms with Gasteiger partial charge in [0, 0.05) is 26.1 Å². The van der Waals surface area contributed by atoms with Gasteiger partial charge in [0.2, 0.25) is 0 Å². The van der Waals surface area contributed by atoms with Gasteiger partial charge in [0.1, 0.15) is 17.7 Å². The Kier molecular flexibility index (Phi) is 3.94. The molecular formula is C18H19N5O2. The minimum absolute atomic E-state index is 0. The lowest BCUT2D eigenvalue weighted by atomic mass is 10.2. The van der Waals surface area contributed by atoms with E-state index < -0.39 is 0 Å². The van der Waals surface area contributed by atoms with E-state index in [9.17, 15) is 4.79 Å². The van der Waals surface area contributed by atoms with Crippen LogP contribution in [0.1, 0.15) is 31.2 Å². The molecule has 0 radical (unpaired) electrons. The molecule has 4 rings (SSSR count). The summed E-state index contributed by atoms with van der Waals surface area (Å²) < 4.78 is 5.79. The molecule has 1 fully saturated rings. The lowest BCUT2D eigenvalue weighted by molar-refractivity contribution is 0.0720. The van der Waals surface area contributed by atoms with E-state index in [0.717, 1.165) is 23.9 Å². The zero-order valence-electron chi connectivity index (χ0n) is 13.6. The molecule has 3 aromatic heterocycles. The molecule has 128 valence electrons. The Labute approximate surface area is 145 Å². The number of rotatable bonds is 6. The van der Waals surface area contributed by atoms with E-state index in [1.54, 1.807) is 23.2 Å². The molecule has 3 aromatic rings. The molecule has 1 aliphatic rings. The van der Waals surface area contributed by atoms with E-state index in [0.29, 0.717) is 36.9 Å². The molecule has 7 nitrogen and oxygen atoms in total. The number of nitrogens with zero attached hydrogens (tertiary/aromatic N) is 4. The van der Waals surface area contributed by atoms with Crippen LogP contribution in [0.2, 0.25) is 0 Å². The first kappa shape index (κ1) is 15.4. The number of hydrogen-bond donors (Lipinski definition) is 1. The normalized spacial score (nSPS) is 13.7. The fourth-order valence-corrected chi connectivity index (χ4v) is 2.88. The second kappa shape index (κ2) is 6.40. The molecule has 0 aliphatic heterocycles. The van der Waals surface area contributed by atoms with Crippen molar-refractivity contribution in [2.75, 3.05) is 13.1 Å². The highest BCUT2D eigenvalue weighted by Gasteiger charge is 2.28. The average Bonchev–Trinajstić information content (AvgIpc) is 3.12. The summed E-state index contributed by atoms with van der Waals surface area (Å²) in [5.74, 6) is 1.18. The van der Waals surface area contributed by atoms with Crippen LogP contribution in [0.4, 0.5) is 0 Å². The van der Waals surface area contributed by atoms with E-state index in [1.165, 1.54) is 6.33 Å². The maximum absolute atomic E-state index is 12.8. The number of H-pyrrole nitrogens is 1. The van der Waals surface area contributed by atoms with E-state index in [4.69, 9.17) is 9.68 Å². The quantitative estimate of drug-likeness (QED) is 0.744. The summed E-state index contributed by atoms with van der Waals surface area (Å²) in [6, 6.07) is 7.40. The number of amides is 1. The maximum Gasteiger partial charge on any atom is 0.289 e. The second-order valence-corrected chi connectivity index (χ2v) is 6.23. The SMILES string of the molecule is N#CCCN(CC1CC1)C(=O)c1ccc(-c2ncnc3[nH]ccc23)o1.[HH]. The third-order valence-corrected chi connectivity index (χ3v) is 4.36. The van der Waals surface area contributed by atoms with Crippen LogP contribution in [0.25, 0.3) is 22.5 Å². The van der Waals surface area contributed by atoms with Crippen molar-refractivity contribution < 1.29 is 10.6 Å². The van der Waals surface area contributed by atoms with Crippen molar-refractivity contribution in [3.63, 3.8) is 0 Å². The molecule has 25 heavy (non-hydrogen) atoms. The van der Waals surface area contributed by atoms with Gasteiger partial charge in [-0.05, 0) is 37.0 Å². The van der Waals surface area contributed by atoms with Crippen LogP contribution >= 0.6 is 0 Å². The Morgan fingerprint density at radius 1 is 1.40 bits per heavy atom. The van der Waals surface area contributed by atoms with Crippen LogP contribution in [0.3, 0.4) is 0 Å². The third kappa shape index (κ3) is 3.11. The van der Waals surface area contributed by atoms with Crippen LogP contribution in [-0.4, -0.2) is 38.8 Å². The smallest absolute Gasteiger partial charge is 0.289 e. The lowest BCUT2D eigenvalue weighted by Crippen LogP contribution is -2.33. The van der Waals surface area contributed by atoms with Gasteiger partial charge in [0.05, 0.1) is 12.5 Å². The molecule has 7 heteroatoms. The largest absolute Gasteiger partial charge is 0.449 e. The molecule has 1 amide bonds. The molecule has 1 N–H and O–H groups in total. The Bertz CT molecular complexity index is 954. The fraction of sp³-hybridized carbons (Fsp3) is 0.333. The van der Waals surface area contributed by atoms with Gasteiger partial charge in [0.25, 0.3) is 5.91 Å². The van der Waals surface area contributed by atoms with E-state index in [-0.39, 0.29) is 13.1 Å². The van der Waals surface area contributed by atoms with Gasteiger partial charge in [-0.2, -0.15) is 5.26 Å². The summed E-state index contributed by atoms with van der Waals surface area (Å²) in [4.78, 5) is 25.9. The Morgan fingerprint density at radius 2 is 2.28 bits per heavy atom. The molecule has 0 unspecified atom stereocenters. The molecule has 3 heterocycles. The zero-order valence-corrected chi connectivity index (χ0v) is 13.6. The molecule has 0 spiro atoms. The number of aromatic amines is 1. The fourth-order valence-electron chi connectivity index (χ4n) is 2.88. The summed E-state index contributed by atoms with van der Waals surface area (Å²) in [5, 5.41) is 9.66. The minimum Gasteiger partial charge on any atom is -0.449 e. The molecule has 0 bridgehead atoms. The number of nitriles is 1. The van der Waals surface area contributed by atoms with Crippen molar-refractivity contribution in [3.8, 4) is 17.5 Å². The van der Waals surface area contributed by atoms with Gasteiger partial charge < -0.3 is 14.3 Å². The number of carbonyl (C=O) groups is 1. The van der Waals surface area contributed by atoms with E-state index >= 15 is 0 Å². The van der Waals surface area contributed by atoms with Gasteiger partial charge in [-0.1, -0.05) is 0 Å². The van der Waals surface area contributed by atoms with E-state index in [2.05, 4.69) is 21.0 Å². The van der Waals surface area contributed by atoms with Crippen molar-refractivity contribution in [3.05, 3.63) is 36.5 Å².